The smallest absolute Gasteiger partial charge is 0.255 e. The van der Waals surface area contributed by atoms with Gasteiger partial charge in [-0.1, -0.05) is 6.07 Å². The van der Waals surface area contributed by atoms with Gasteiger partial charge in [0.15, 0.2) is 9.84 Å². The van der Waals surface area contributed by atoms with Crippen LogP contribution in [0.5, 0.6) is 0 Å². The van der Waals surface area contributed by atoms with Gasteiger partial charge in [-0.25, -0.2) is 8.42 Å². The highest BCUT2D eigenvalue weighted by Gasteiger charge is 2.33. The summed E-state index contributed by atoms with van der Waals surface area (Å²) in [7, 11) is -3.12. The Morgan fingerprint density at radius 3 is 2.58 bits per heavy atom. The maximum absolute atomic E-state index is 12.2. The van der Waals surface area contributed by atoms with E-state index in [0.29, 0.717) is 23.5 Å². The zero-order valence-corrected chi connectivity index (χ0v) is 15.0. The van der Waals surface area contributed by atoms with Gasteiger partial charge in [0.1, 0.15) is 0 Å². The Morgan fingerprint density at radius 1 is 1.23 bits per heavy atom. The number of hydrogen-bond donors (Lipinski definition) is 2. The van der Waals surface area contributed by atoms with Crippen LogP contribution in [0, 0.1) is 5.92 Å². The minimum Gasteiger partial charge on any atom is -0.357 e. The number of imide groups is 1. The number of hydrogen-bond acceptors (Lipinski definition) is 6. The highest BCUT2D eigenvalue weighted by molar-refractivity contribution is 7.91. The first-order valence-corrected chi connectivity index (χ1v) is 9.97. The summed E-state index contributed by atoms with van der Waals surface area (Å²) in [5.41, 5.74) is 1.75. The molecule has 0 saturated carbocycles. The molecule has 26 heavy (non-hydrogen) atoms. The van der Waals surface area contributed by atoms with Gasteiger partial charge in [-0.2, -0.15) is 0 Å². The minimum absolute atomic E-state index is 0.0432. The molecular formula is C17H19N3O5S. The second kappa shape index (κ2) is 6.91. The molecule has 2 aliphatic rings. The van der Waals surface area contributed by atoms with E-state index in [1.807, 2.05) is 0 Å². The number of carbonyl (C=O) groups excluding carboxylic acids is 3. The number of benzene rings is 1. The molecule has 0 aliphatic carbocycles. The Labute approximate surface area is 151 Å². The van der Waals surface area contributed by atoms with E-state index < -0.39 is 15.8 Å². The summed E-state index contributed by atoms with van der Waals surface area (Å²) in [6.07, 6.45) is 1.69. The molecule has 8 nitrogen and oxygen atoms in total. The zero-order valence-electron chi connectivity index (χ0n) is 14.2. The lowest BCUT2D eigenvalue weighted by molar-refractivity contribution is -0.138. The number of nitrogens with zero attached hydrogens (tertiary/aromatic N) is 1. The van der Waals surface area contributed by atoms with Crippen molar-refractivity contribution in [1.29, 1.82) is 0 Å². The SMILES string of the molecule is CC(=O)N1CC(Nc2cccc(NC(=O)[C@@H]3CCS(=O)(=O)C3)c2)=CC1=O. The molecule has 0 bridgehead atoms. The Balaban J connectivity index is 1.64. The largest absolute Gasteiger partial charge is 0.357 e. The number of amides is 3. The normalized spacial score (nSPS) is 21.4. The number of rotatable bonds is 4. The lowest BCUT2D eigenvalue weighted by Gasteiger charge is -2.14. The predicted octanol–water partition coefficient (Wildman–Crippen LogP) is 0.744. The standard InChI is InChI=1S/C17H19N3O5S/c1-11(21)20-9-15(8-16(20)22)18-13-3-2-4-14(7-13)19-17(23)12-5-6-26(24,25)10-12/h2-4,7-8,12,18H,5-6,9-10H2,1H3,(H,19,23)/t12-/m1/s1. The molecule has 0 aromatic heterocycles. The first kappa shape index (κ1) is 18.1. The molecule has 138 valence electrons. The number of anilines is 2. The molecule has 1 fully saturated rings. The van der Waals surface area contributed by atoms with Crippen LogP contribution in [0.4, 0.5) is 11.4 Å². The van der Waals surface area contributed by atoms with Crippen LogP contribution in [-0.4, -0.2) is 49.1 Å². The second-order valence-corrected chi connectivity index (χ2v) is 8.64. The zero-order chi connectivity index (χ0) is 18.9. The average molecular weight is 377 g/mol. The summed E-state index contributed by atoms with van der Waals surface area (Å²) >= 11 is 0. The van der Waals surface area contributed by atoms with Crippen LogP contribution in [0.1, 0.15) is 13.3 Å². The third kappa shape index (κ3) is 4.10. The highest BCUT2D eigenvalue weighted by atomic mass is 32.2. The summed E-state index contributed by atoms with van der Waals surface area (Å²) in [4.78, 5) is 36.4. The summed E-state index contributed by atoms with van der Waals surface area (Å²) < 4.78 is 23.0. The van der Waals surface area contributed by atoms with Crippen molar-refractivity contribution in [3.8, 4) is 0 Å². The lowest BCUT2D eigenvalue weighted by Crippen LogP contribution is -2.31. The molecule has 1 saturated heterocycles. The van der Waals surface area contributed by atoms with E-state index >= 15 is 0 Å². The van der Waals surface area contributed by atoms with Gasteiger partial charge in [0.05, 0.1) is 24.0 Å². The van der Waals surface area contributed by atoms with Crippen molar-refractivity contribution >= 4 is 38.9 Å². The van der Waals surface area contributed by atoms with Gasteiger partial charge in [0.2, 0.25) is 11.8 Å². The van der Waals surface area contributed by atoms with Gasteiger partial charge >= 0.3 is 0 Å². The van der Waals surface area contributed by atoms with Crippen LogP contribution in [0.3, 0.4) is 0 Å². The lowest BCUT2D eigenvalue weighted by atomic mass is 10.1. The van der Waals surface area contributed by atoms with Crippen molar-refractivity contribution in [3.05, 3.63) is 36.0 Å². The van der Waals surface area contributed by atoms with Gasteiger partial charge in [0.25, 0.3) is 5.91 Å². The van der Waals surface area contributed by atoms with Crippen molar-refractivity contribution < 1.29 is 22.8 Å². The molecule has 2 N–H and O–H groups in total. The maximum atomic E-state index is 12.2. The van der Waals surface area contributed by atoms with E-state index in [9.17, 15) is 22.8 Å². The Hall–Kier alpha value is -2.68. The van der Waals surface area contributed by atoms with Crippen molar-refractivity contribution in [1.82, 2.24) is 4.90 Å². The van der Waals surface area contributed by atoms with E-state index in [1.165, 1.54) is 13.0 Å². The van der Waals surface area contributed by atoms with E-state index in [-0.39, 0.29) is 35.8 Å². The minimum atomic E-state index is -3.12. The summed E-state index contributed by atoms with van der Waals surface area (Å²) in [6, 6.07) is 6.87. The number of nitrogens with one attached hydrogen (secondary N) is 2. The average Bonchev–Trinajstić information content (AvgIpc) is 3.10. The molecule has 2 aliphatic heterocycles. The third-order valence-corrected chi connectivity index (χ3v) is 6.08. The van der Waals surface area contributed by atoms with Crippen LogP contribution < -0.4 is 10.6 Å². The number of sulfone groups is 1. The molecule has 1 atom stereocenters. The molecule has 0 radical (unpaired) electrons. The van der Waals surface area contributed by atoms with Gasteiger partial charge in [-0.3, -0.25) is 19.3 Å². The second-order valence-electron chi connectivity index (χ2n) is 6.41. The maximum Gasteiger partial charge on any atom is 0.255 e. The van der Waals surface area contributed by atoms with Crippen LogP contribution in [0.25, 0.3) is 0 Å². The first-order valence-electron chi connectivity index (χ1n) is 8.14. The van der Waals surface area contributed by atoms with Gasteiger partial charge < -0.3 is 10.6 Å². The quantitative estimate of drug-likeness (QED) is 0.800. The molecule has 2 heterocycles. The molecule has 1 aromatic carbocycles. The molecule has 1 aromatic rings. The Bertz CT molecular complexity index is 907. The molecular weight excluding hydrogens is 358 g/mol. The molecule has 0 spiro atoms. The van der Waals surface area contributed by atoms with Crippen molar-refractivity contribution in [3.63, 3.8) is 0 Å². The fourth-order valence-corrected chi connectivity index (χ4v) is 4.71. The fourth-order valence-electron chi connectivity index (χ4n) is 2.97. The number of carbonyl (C=O) groups is 3. The van der Waals surface area contributed by atoms with E-state index in [2.05, 4.69) is 10.6 Å². The summed E-state index contributed by atoms with van der Waals surface area (Å²) in [6.45, 7) is 1.50. The van der Waals surface area contributed by atoms with Gasteiger partial charge in [-0.05, 0) is 24.6 Å². The third-order valence-electron chi connectivity index (χ3n) is 4.31. The summed E-state index contributed by atoms with van der Waals surface area (Å²) in [5, 5.41) is 5.78. The predicted molar refractivity (Wildman–Crippen MR) is 95.9 cm³/mol. The van der Waals surface area contributed by atoms with E-state index in [1.54, 1.807) is 24.3 Å². The van der Waals surface area contributed by atoms with Crippen LogP contribution in [-0.2, 0) is 24.2 Å². The molecule has 0 unspecified atom stereocenters. The van der Waals surface area contributed by atoms with Crippen LogP contribution >= 0.6 is 0 Å². The van der Waals surface area contributed by atoms with Gasteiger partial charge in [-0.15, -0.1) is 0 Å². The molecule has 3 amide bonds. The monoisotopic (exact) mass is 377 g/mol. The molecule has 9 heteroatoms. The Morgan fingerprint density at radius 2 is 1.96 bits per heavy atom. The van der Waals surface area contributed by atoms with Crippen LogP contribution in [0.2, 0.25) is 0 Å². The van der Waals surface area contributed by atoms with Crippen molar-refractivity contribution in [2.24, 2.45) is 5.92 Å². The topological polar surface area (TPSA) is 113 Å². The first-order chi connectivity index (χ1) is 12.2. The Kier molecular flexibility index (Phi) is 4.82. The van der Waals surface area contributed by atoms with E-state index in [0.717, 1.165) is 4.90 Å². The van der Waals surface area contributed by atoms with Crippen LogP contribution in [0.15, 0.2) is 36.0 Å². The van der Waals surface area contributed by atoms with E-state index in [4.69, 9.17) is 0 Å². The summed E-state index contributed by atoms with van der Waals surface area (Å²) in [5.74, 6) is -1.62. The highest BCUT2D eigenvalue weighted by Crippen LogP contribution is 2.23. The van der Waals surface area contributed by atoms with Gasteiger partial charge in [0, 0.05) is 30.1 Å². The fraction of sp³-hybridized carbons (Fsp3) is 0.353. The van der Waals surface area contributed by atoms with Crippen molar-refractivity contribution in [2.45, 2.75) is 13.3 Å². The molecule has 3 rings (SSSR count). The van der Waals surface area contributed by atoms with Crippen molar-refractivity contribution in [2.75, 3.05) is 28.7 Å².